The minimum atomic E-state index is -0.271. The summed E-state index contributed by atoms with van der Waals surface area (Å²) in [7, 11) is 1.86. The molecule has 0 atom stereocenters. The third kappa shape index (κ3) is 5.28. The van der Waals surface area contributed by atoms with E-state index < -0.39 is 0 Å². The first-order chi connectivity index (χ1) is 8.96. The van der Waals surface area contributed by atoms with E-state index in [2.05, 4.69) is 15.9 Å². The number of halogens is 2. The van der Waals surface area contributed by atoms with Crippen LogP contribution in [0.2, 0.25) is 0 Å². The van der Waals surface area contributed by atoms with Crippen molar-refractivity contribution in [1.29, 1.82) is 0 Å². The highest BCUT2D eigenvalue weighted by atomic mass is 79.9. The van der Waals surface area contributed by atoms with Crippen molar-refractivity contribution < 1.29 is 9.18 Å². The molecule has 3 nitrogen and oxygen atoms in total. The quantitative estimate of drug-likeness (QED) is 0.800. The van der Waals surface area contributed by atoms with Gasteiger partial charge in [-0.05, 0) is 44.7 Å². The highest BCUT2D eigenvalue weighted by Crippen LogP contribution is 2.16. The molecule has 0 bridgehead atoms. The molecule has 0 saturated heterocycles. The van der Waals surface area contributed by atoms with Crippen LogP contribution in [-0.2, 0) is 11.3 Å². The predicted octanol–water partition coefficient (Wildman–Crippen LogP) is 2.89. The largest absolute Gasteiger partial charge is 0.342 e. The number of carbonyl (C=O) groups excluding carboxylic acids is 1. The monoisotopic (exact) mass is 330 g/mol. The molecule has 1 amide bonds. The second kappa shape index (κ2) is 7.60. The van der Waals surface area contributed by atoms with Gasteiger partial charge in [0.05, 0.1) is 6.54 Å². The second-order valence-electron chi connectivity index (χ2n) is 4.52. The van der Waals surface area contributed by atoms with Crippen molar-refractivity contribution in [3.8, 4) is 0 Å². The maximum absolute atomic E-state index is 13.3. The van der Waals surface area contributed by atoms with E-state index in [0.29, 0.717) is 30.7 Å². The first kappa shape index (κ1) is 16.1. The van der Waals surface area contributed by atoms with Gasteiger partial charge in [0.25, 0.3) is 0 Å². The van der Waals surface area contributed by atoms with Gasteiger partial charge in [-0.1, -0.05) is 15.9 Å². The lowest BCUT2D eigenvalue weighted by atomic mass is 10.2. The molecule has 0 aliphatic carbocycles. The molecule has 0 aliphatic rings. The van der Waals surface area contributed by atoms with Gasteiger partial charge in [-0.2, -0.15) is 0 Å². The molecule has 5 heteroatoms. The van der Waals surface area contributed by atoms with Gasteiger partial charge < -0.3 is 4.90 Å². The minimum Gasteiger partial charge on any atom is -0.342 e. The van der Waals surface area contributed by atoms with Crippen LogP contribution in [0.3, 0.4) is 0 Å². The fourth-order valence-electron chi connectivity index (χ4n) is 1.98. The number of carbonyl (C=O) groups is 1. The number of likely N-dealkylation sites (N-methyl/N-ethyl adjacent to an activating group) is 2. The molecule has 0 unspecified atom stereocenters. The van der Waals surface area contributed by atoms with Gasteiger partial charge in [-0.15, -0.1) is 0 Å². The molecule has 0 heterocycles. The van der Waals surface area contributed by atoms with Crippen molar-refractivity contribution in [2.75, 3.05) is 26.7 Å². The van der Waals surface area contributed by atoms with Gasteiger partial charge in [0.15, 0.2) is 0 Å². The number of nitrogens with zero attached hydrogens (tertiary/aromatic N) is 2. The highest BCUT2D eigenvalue weighted by molar-refractivity contribution is 9.10. The molecule has 1 rings (SSSR count). The van der Waals surface area contributed by atoms with E-state index in [1.54, 1.807) is 4.90 Å². The van der Waals surface area contributed by atoms with E-state index in [0.717, 1.165) is 5.56 Å². The predicted molar refractivity (Wildman–Crippen MR) is 78.4 cm³/mol. The lowest BCUT2D eigenvalue weighted by Crippen LogP contribution is -2.38. The number of benzene rings is 1. The Morgan fingerprint density at radius 1 is 1.26 bits per heavy atom. The normalized spacial score (nSPS) is 10.8. The van der Waals surface area contributed by atoms with Gasteiger partial charge in [0.2, 0.25) is 5.91 Å². The average Bonchev–Trinajstić information content (AvgIpc) is 2.28. The SMILES string of the molecule is CCN(CC)C(=O)CN(C)Cc1cc(F)cc(Br)c1. The zero-order valence-corrected chi connectivity index (χ0v) is 13.2. The maximum atomic E-state index is 13.3. The highest BCUT2D eigenvalue weighted by Gasteiger charge is 2.12. The number of rotatable bonds is 6. The zero-order valence-electron chi connectivity index (χ0n) is 11.6. The van der Waals surface area contributed by atoms with E-state index in [1.807, 2.05) is 31.9 Å². The van der Waals surface area contributed by atoms with E-state index in [4.69, 9.17) is 0 Å². The minimum absolute atomic E-state index is 0.1000. The van der Waals surface area contributed by atoms with Crippen molar-refractivity contribution in [3.05, 3.63) is 34.1 Å². The van der Waals surface area contributed by atoms with Crippen LogP contribution in [0, 0.1) is 5.82 Å². The summed E-state index contributed by atoms with van der Waals surface area (Å²) in [6, 6.07) is 4.77. The molecule has 0 spiro atoms. The van der Waals surface area contributed by atoms with E-state index in [-0.39, 0.29) is 11.7 Å². The molecule has 0 N–H and O–H groups in total. The summed E-state index contributed by atoms with van der Waals surface area (Å²) < 4.78 is 14.0. The lowest BCUT2D eigenvalue weighted by molar-refractivity contribution is -0.131. The fraction of sp³-hybridized carbons (Fsp3) is 0.500. The van der Waals surface area contributed by atoms with Gasteiger partial charge in [0.1, 0.15) is 5.82 Å². The van der Waals surface area contributed by atoms with Crippen LogP contribution in [0.5, 0.6) is 0 Å². The van der Waals surface area contributed by atoms with Crippen molar-refractivity contribution >= 4 is 21.8 Å². The van der Waals surface area contributed by atoms with Crippen LogP contribution < -0.4 is 0 Å². The first-order valence-electron chi connectivity index (χ1n) is 6.37. The third-order valence-electron chi connectivity index (χ3n) is 2.90. The number of hydrogen-bond acceptors (Lipinski definition) is 2. The van der Waals surface area contributed by atoms with Gasteiger partial charge in [-0.25, -0.2) is 4.39 Å². The summed E-state index contributed by atoms with van der Waals surface area (Å²) in [6.07, 6.45) is 0. The molecule has 0 fully saturated rings. The first-order valence-corrected chi connectivity index (χ1v) is 7.16. The van der Waals surface area contributed by atoms with Crippen molar-refractivity contribution in [2.24, 2.45) is 0 Å². The number of hydrogen-bond donors (Lipinski definition) is 0. The lowest BCUT2D eigenvalue weighted by Gasteiger charge is -2.23. The summed E-state index contributed by atoms with van der Waals surface area (Å²) >= 11 is 3.27. The van der Waals surface area contributed by atoms with Gasteiger partial charge in [-0.3, -0.25) is 9.69 Å². The molecule has 1 aromatic rings. The summed E-state index contributed by atoms with van der Waals surface area (Å²) in [5, 5.41) is 0. The molecular weight excluding hydrogens is 311 g/mol. The van der Waals surface area contributed by atoms with Crippen LogP contribution in [-0.4, -0.2) is 42.4 Å². The van der Waals surface area contributed by atoms with Crippen LogP contribution in [0.4, 0.5) is 4.39 Å². The Morgan fingerprint density at radius 3 is 2.42 bits per heavy atom. The van der Waals surface area contributed by atoms with E-state index in [1.165, 1.54) is 12.1 Å². The molecule has 0 radical (unpaired) electrons. The van der Waals surface area contributed by atoms with E-state index >= 15 is 0 Å². The zero-order chi connectivity index (χ0) is 14.4. The van der Waals surface area contributed by atoms with Crippen molar-refractivity contribution in [3.63, 3.8) is 0 Å². The Hall–Kier alpha value is -0.940. The molecule has 19 heavy (non-hydrogen) atoms. The summed E-state index contributed by atoms with van der Waals surface area (Å²) in [5.41, 5.74) is 0.849. The molecule has 0 aliphatic heterocycles. The third-order valence-corrected chi connectivity index (χ3v) is 3.35. The Labute approximate surface area is 122 Å². The molecule has 0 aromatic heterocycles. The molecule has 1 aromatic carbocycles. The van der Waals surface area contributed by atoms with Crippen LogP contribution in [0.1, 0.15) is 19.4 Å². The van der Waals surface area contributed by atoms with Gasteiger partial charge in [0, 0.05) is 24.1 Å². The Morgan fingerprint density at radius 2 is 1.89 bits per heavy atom. The summed E-state index contributed by atoms with van der Waals surface area (Å²) in [4.78, 5) is 15.6. The average molecular weight is 331 g/mol. The second-order valence-corrected chi connectivity index (χ2v) is 5.43. The Balaban J connectivity index is 2.59. The Bertz CT molecular complexity index is 415. The molecular formula is C14H20BrFN2O. The topological polar surface area (TPSA) is 23.6 Å². The number of amides is 1. The van der Waals surface area contributed by atoms with Crippen LogP contribution >= 0.6 is 15.9 Å². The fourth-order valence-corrected chi connectivity index (χ4v) is 2.49. The summed E-state index contributed by atoms with van der Waals surface area (Å²) in [5.74, 6) is -0.171. The molecule has 0 saturated carbocycles. The van der Waals surface area contributed by atoms with Crippen molar-refractivity contribution in [1.82, 2.24) is 9.80 Å². The van der Waals surface area contributed by atoms with E-state index in [9.17, 15) is 9.18 Å². The van der Waals surface area contributed by atoms with Crippen LogP contribution in [0.15, 0.2) is 22.7 Å². The Kier molecular flexibility index (Phi) is 6.45. The maximum Gasteiger partial charge on any atom is 0.236 e. The van der Waals surface area contributed by atoms with Gasteiger partial charge >= 0.3 is 0 Å². The summed E-state index contributed by atoms with van der Waals surface area (Å²) in [6.45, 7) is 6.25. The van der Waals surface area contributed by atoms with Crippen molar-refractivity contribution in [2.45, 2.75) is 20.4 Å². The van der Waals surface area contributed by atoms with Crippen LogP contribution in [0.25, 0.3) is 0 Å². The smallest absolute Gasteiger partial charge is 0.236 e. The standard InChI is InChI=1S/C14H20BrFN2O/c1-4-18(5-2)14(19)10-17(3)9-11-6-12(15)8-13(16)7-11/h6-8H,4-5,9-10H2,1-3H3. The molecule has 106 valence electrons.